The Labute approximate surface area is 200 Å². The highest BCUT2D eigenvalue weighted by atomic mass is 19.4. The number of amides is 2. The van der Waals surface area contributed by atoms with Crippen LogP contribution in [0.5, 0.6) is 0 Å². The maximum absolute atomic E-state index is 14.5. The number of rotatable bonds is 5. The zero-order valence-electron chi connectivity index (χ0n) is 19.1. The highest BCUT2D eigenvalue weighted by molar-refractivity contribution is 5.98. The van der Waals surface area contributed by atoms with Gasteiger partial charge in [0.15, 0.2) is 0 Å². The third-order valence-electron chi connectivity index (χ3n) is 5.62. The molecule has 0 unspecified atom stereocenters. The van der Waals surface area contributed by atoms with Crippen molar-refractivity contribution in [1.29, 1.82) is 0 Å². The molecule has 2 heterocycles. The van der Waals surface area contributed by atoms with Crippen molar-refractivity contribution in [2.75, 3.05) is 26.2 Å². The Morgan fingerprint density at radius 1 is 1.11 bits per heavy atom. The summed E-state index contributed by atoms with van der Waals surface area (Å²) >= 11 is 0. The predicted molar refractivity (Wildman–Crippen MR) is 113 cm³/mol. The van der Waals surface area contributed by atoms with Gasteiger partial charge >= 0.3 is 18.1 Å². The number of ether oxygens (including phenoxy) is 1. The van der Waals surface area contributed by atoms with Crippen LogP contribution in [0.3, 0.4) is 0 Å². The van der Waals surface area contributed by atoms with Crippen LogP contribution in [-0.4, -0.2) is 76.1 Å². The van der Waals surface area contributed by atoms with Crippen molar-refractivity contribution in [3.05, 3.63) is 62.3 Å². The summed E-state index contributed by atoms with van der Waals surface area (Å²) in [6.07, 6.45) is -5.18. The standard InChI is InChI=1S/C22H20F4N4O6/c1-11-12(2)19(33)28-27-16(11)8-13-3-4-15(23)14(7-13)20(34)30-6-5-29(17(31)9-30)10-18(32)36-21(35)22(24,25)26/h3-4,7H,5-6,8-10H2,1-2H3,(H,28,33). The fourth-order valence-corrected chi connectivity index (χ4v) is 3.45. The molecule has 0 aliphatic carbocycles. The second-order valence-electron chi connectivity index (χ2n) is 8.04. The number of H-pyrrole nitrogens is 1. The molecule has 36 heavy (non-hydrogen) atoms. The van der Waals surface area contributed by atoms with Gasteiger partial charge in [-0.1, -0.05) is 6.07 Å². The summed E-state index contributed by atoms with van der Waals surface area (Å²) in [5.41, 5.74) is 1.51. The molecule has 10 nitrogen and oxygen atoms in total. The Balaban J connectivity index is 1.68. The van der Waals surface area contributed by atoms with E-state index in [1.807, 2.05) is 0 Å². The van der Waals surface area contributed by atoms with E-state index >= 15 is 0 Å². The van der Waals surface area contributed by atoms with Crippen molar-refractivity contribution in [2.24, 2.45) is 0 Å². The number of nitrogens with one attached hydrogen (secondary N) is 1. The fourth-order valence-electron chi connectivity index (χ4n) is 3.45. The molecule has 2 aromatic rings. The van der Waals surface area contributed by atoms with E-state index in [4.69, 9.17) is 0 Å². The molecule has 0 bridgehead atoms. The number of carbonyl (C=O) groups excluding carboxylic acids is 4. The lowest BCUT2D eigenvalue weighted by Crippen LogP contribution is -2.53. The van der Waals surface area contributed by atoms with Gasteiger partial charge in [-0.15, -0.1) is 0 Å². The number of alkyl halides is 3. The number of hydrogen-bond donors (Lipinski definition) is 1. The van der Waals surface area contributed by atoms with Crippen LogP contribution >= 0.6 is 0 Å². The summed E-state index contributed by atoms with van der Waals surface area (Å²) in [5.74, 6) is -6.72. The zero-order valence-corrected chi connectivity index (χ0v) is 19.1. The monoisotopic (exact) mass is 512 g/mol. The van der Waals surface area contributed by atoms with Crippen LogP contribution in [0.2, 0.25) is 0 Å². The highest BCUT2D eigenvalue weighted by Crippen LogP contribution is 2.19. The van der Waals surface area contributed by atoms with Gasteiger partial charge < -0.3 is 14.5 Å². The molecule has 1 aliphatic rings. The van der Waals surface area contributed by atoms with Gasteiger partial charge in [0.1, 0.15) is 18.9 Å². The second-order valence-corrected chi connectivity index (χ2v) is 8.04. The van der Waals surface area contributed by atoms with Gasteiger partial charge in [0, 0.05) is 25.1 Å². The number of aromatic amines is 1. The van der Waals surface area contributed by atoms with Gasteiger partial charge in [-0.3, -0.25) is 14.4 Å². The molecule has 0 atom stereocenters. The molecule has 1 aromatic carbocycles. The normalized spacial score (nSPS) is 14.1. The Hall–Kier alpha value is -4.10. The molecular weight excluding hydrogens is 492 g/mol. The molecular formula is C22H20F4N4O6. The number of aromatic nitrogens is 2. The maximum Gasteiger partial charge on any atom is 0.491 e. The Bertz CT molecular complexity index is 1290. The first kappa shape index (κ1) is 26.5. The lowest BCUT2D eigenvalue weighted by atomic mass is 10.0. The smallest absolute Gasteiger partial charge is 0.385 e. The van der Waals surface area contributed by atoms with E-state index in [0.717, 1.165) is 15.9 Å². The fraction of sp³-hybridized carbons (Fsp3) is 0.364. The van der Waals surface area contributed by atoms with Gasteiger partial charge in [-0.25, -0.2) is 19.1 Å². The Kier molecular flexibility index (Phi) is 7.55. The predicted octanol–water partition coefficient (Wildman–Crippen LogP) is 1.03. The molecule has 0 spiro atoms. The first-order chi connectivity index (χ1) is 16.8. The van der Waals surface area contributed by atoms with Crippen LogP contribution in [0.15, 0.2) is 23.0 Å². The van der Waals surface area contributed by atoms with Gasteiger partial charge in [-0.2, -0.15) is 18.3 Å². The van der Waals surface area contributed by atoms with Crippen molar-refractivity contribution in [2.45, 2.75) is 26.4 Å². The van der Waals surface area contributed by atoms with Gasteiger partial charge in [-0.05, 0) is 37.1 Å². The van der Waals surface area contributed by atoms with Gasteiger partial charge in [0.2, 0.25) is 5.91 Å². The van der Waals surface area contributed by atoms with Crippen LogP contribution in [0, 0.1) is 19.7 Å². The van der Waals surface area contributed by atoms with E-state index < -0.39 is 48.8 Å². The Morgan fingerprint density at radius 2 is 1.81 bits per heavy atom. The minimum atomic E-state index is -5.37. The van der Waals surface area contributed by atoms with Crippen LogP contribution < -0.4 is 5.56 Å². The number of esters is 2. The molecule has 0 radical (unpaired) electrons. The van der Waals surface area contributed by atoms with E-state index in [0.29, 0.717) is 22.4 Å². The van der Waals surface area contributed by atoms with Crippen molar-refractivity contribution in [3.63, 3.8) is 0 Å². The van der Waals surface area contributed by atoms with E-state index in [2.05, 4.69) is 14.9 Å². The van der Waals surface area contributed by atoms with Crippen molar-refractivity contribution in [1.82, 2.24) is 20.0 Å². The minimum absolute atomic E-state index is 0.144. The van der Waals surface area contributed by atoms with E-state index in [9.17, 15) is 41.5 Å². The SMILES string of the molecule is Cc1c(Cc2ccc(F)c(C(=O)N3CCN(CC(=O)OC(=O)C(F)(F)F)C(=O)C3)c2)n[nH]c(=O)c1C. The lowest BCUT2D eigenvalue weighted by molar-refractivity contribution is -0.202. The maximum atomic E-state index is 14.5. The first-order valence-electron chi connectivity index (χ1n) is 10.5. The molecule has 192 valence electrons. The summed E-state index contributed by atoms with van der Waals surface area (Å²) in [6.45, 7) is 1.46. The third kappa shape index (κ3) is 5.93. The molecule has 1 fully saturated rings. The number of carbonyl (C=O) groups is 4. The molecule has 3 rings (SSSR count). The summed E-state index contributed by atoms with van der Waals surface area (Å²) in [4.78, 5) is 61.1. The van der Waals surface area contributed by atoms with E-state index in [1.54, 1.807) is 13.8 Å². The molecule has 1 N–H and O–H groups in total. The van der Waals surface area contributed by atoms with Crippen LogP contribution in [0.1, 0.15) is 32.7 Å². The second kappa shape index (κ2) is 10.3. The third-order valence-corrected chi connectivity index (χ3v) is 5.62. The topological polar surface area (TPSA) is 130 Å². The summed E-state index contributed by atoms with van der Waals surface area (Å²) in [6, 6.07) is 3.84. The van der Waals surface area contributed by atoms with Crippen molar-refractivity contribution < 1.29 is 41.5 Å². The molecule has 0 saturated carbocycles. The number of piperazine rings is 1. The molecule has 1 aromatic heterocycles. The number of nitrogens with zero attached hydrogens (tertiary/aromatic N) is 3. The lowest BCUT2D eigenvalue weighted by Gasteiger charge is -2.33. The Morgan fingerprint density at radius 3 is 2.44 bits per heavy atom. The number of benzene rings is 1. The molecule has 1 saturated heterocycles. The number of halogens is 4. The zero-order chi connectivity index (χ0) is 26.8. The summed E-state index contributed by atoms with van der Waals surface area (Å²) in [7, 11) is 0. The largest absolute Gasteiger partial charge is 0.491 e. The van der Waals surface area contributed by atoms with Crippen molar-refractivity contribution >= 4 is 23.8 Å². The van der Waals surface area contributed by atoms with Gasteiger partial charge in [0.05, 0.1) is 11.3 Å². The molecule has 2 amide bonds. The average Bonchev–Trinajstić information content (AvgIpc) is 2.80. The highest BCUT2D eigenvalue weighted by Gasteiger charge is 2.43. The summed E-state index contributed by atoms with van der Waals surface area (Å²) < 4.78 is 54.7. The van der Waals surface area contributed by atoms with Gasteiger partial charge in [0.25, 0.3) is 11.5 Å². The van der Waals surface area contributed by atoms with Crippen LogP contribution in [-0.2, 0) is 25.5 Å². The quantitative estimate of drug-likeness (QED) is 0.360. The van der Waals surface area contributed by atoms with Crippen LogP contribution in [0.25, 0.3) is 0 Å². The first-order valence-corrected chi connectivity index (χ1v) is 10.5. The number of hydrogen-bond acceptors (Lipinski definition) is 7. The van der Waals surface area contributed by atoms with E-state index in [-0.39, 0.29) is 30.6 Å². The van der Waals surface area contributed by atoms with E-state index in [1.165, 1.54) is 12.1 Å². The average molecular weight is 512 g/mol. The van der Waals surface area contributed by atoms with Crippen LogP contribution in [0.4, 0.5) is 17.6 Å². The summed E-state index contributed by atoms with van der Waals surface area (Å²) in [5, 5.41) is 6.36. The van der Waals surface area contributed by atoms with Crippen molar-refractivity contribution in [3.8, 4) is 0 Å². The minimum Gasteiger partial charge on any atom is -0.385 e. The molecule has 1 aliphatic heterocycles. The molecule has 14 heteroatoms.